The van der Waals surface area contributed by atoms with Crippen molar-refractivity contribution < 1.29 is 19.2 Å². The highest BCUT2D eigenvalue weighted by Crippen LogP contribution is 2.10. The molecule has 0 spiro atoms. The summed E-state index contributed by atoms with van der Waals surface area (Å²) in [5, 5.41) is 4.73. The molecule has 0 aromatic heterocycles. The second-order valence-corrected chi connectivity index (χ2v) is 5.91. The van der Waals surface area contributed by atoms with Gasteiger partial charge in [-0.3, -0.25) is 19.2 Å². The van der Waals surface area contributed by atoms with Crippen molar-refractivity contribution in [2.45, 2.75) is 32.4 Å². The SMILES string of the molecule is C=C(NC(=O)[C@H](C)NC(C)=O)C(=O)N(C)[C@@H](Cc1ccccc1)C(N)=O. The van der Waals surface area contributed by atoms with Crippen LogP contribution in [-0.2, 0) is 25.6 Å². The molecule has 0 fully saturated rings. The summed E-state index contributed by atoms with van der Waals surface area (Å²) in [6.07, 6.45) is 0.238. The maximum atomic E-state index is 12.5. The van der Waals surface area contributed by atoms with E-state index in [4.69, 9.17) is 5.73 Å². The minimum Gasteiger partial charge on any atom is -0.368 e. The van der Waals surface area contributed by atoms with Crippen LogP contribution in [0, 0.1) is 0 Å². The first-order valence-corrected chi connectivity index (χ1v) is 8.00. The van der Waals surface area contributed by atoms with Crippen molar-refractivity contribution in [2.24, 2.45) is 5.73 Å². The fourth-order valence-corrected chi connectivity index (χ4v) is 2.30. The fourth-order valence-electron chi connectivity index (χ4n) is 2.30. The Hall–Kier alpha value is -3.16. The largest absolute Gasteiger partial charge is 0.368 e. The number of primary amides is 1. The van der Waals surface area contributed by atoms with Crippen molar-refractivity contribution in [3.8, 4) is 0 Å². The Morgan fingerprint density at radius 2 is 1.77 bits per heavy atom. The van der Waals surface area contributed by atoms with Gasteiger partial charge in [0.25, 0.3) is 5.91 Å². The van der Waals surface area contributed by atoms with Crippen molar-refractivity contribution in [3.63, 3.8) is 0 Å². The molecule has 0 unspecified atom stereocenters. The molecular formula is C18H24N4O4. The lowest BCUT2D eigenvalue weighted by molar-refractivity contribution is -0.136. The van der Waals surface area contributed by atoms with Gasteiger partial charge < -0.3 is 21.3 Å². The molecule has 0 aliphatic heterocycles. The van der Waals surface area contributed by atoms with Gasteiger partial charge in [0, 0.05) is 20.4 Å². The number of amides is 4. The number of nitrogens with one attached hydrogen (secondary N) is 2. The number of rotatable bonds is 8. The Labute approximate surface area is 152 Å². The first-order valence-electron chi connectivity index (χ1n) is 8.00. The zero-order chi connectivity index (χ0) is 19.9. The number of benzene rings is 1. The molecule has 0 aliphatic rings. The highest BCUT2D eigenvalue weighted by molar-refractivity contribution is 6.00. The van der Waals surface area contributed by atoms with Crippen LogP contribution in [0.3, 0.4) is 0 Å². The minimum absolute atomic E-state index is 0.214. The molecule has 4 amide bonds. The smallest absolute Gasteiger partial charge is 0.270 e. The van der Waals surface area contributed by atoms with E-state index >= 15 is 0 Å². The van der Waals surface area contributed by atoms with E-state index in [2.05, 4.69) is 17.2 Å². The van der Waals surface area contributed by atoms with Crippen molar-refractivity contribution >= 4 is 23.6 Å². The highest BCUT2D eigenvalue weighted by atomic mass is 16.2. The normalized spacial score (nSPS) is 12.4. The quantitative estimate of drug-likeness (QED) is 0.551. The molecule has 0 bridgehead atoms. The Morgan fingerprint density at radius 1 is 1.19 bits per heavy atom. The van der Waals surface area contributed by atoms with E-state index in [1.807, 2.05) is 30.3 Å². The third-order valence-corrected chi connectivity index (χ3v) is 3.73. The van der Waals surface area contributed by atoms with Gasteiger partial charge in [0.2, 0.25) is 17.7 Å². The molecule has 1 aromatic rings. The molecule has 2 atom stereocenters. The van der Waals surface area contributed by atoms with Gasteiger partial charge in [0.05, 0.1) is 5.70 Å². The van der Waals surface area contributed by atoms with Gasteiger partial charge in [-0.2, -0.15) is 0 Å². The molecule has 0 saturated heterocycles. The molecule has 0 aliphatic carbocycles. The molecule has 4 N–H and O–H groups in total. The topological polar surface area (TPSA) is 122 Å². The lowest BCUT2D eigenvalue weighted by Gasteiger charge is -2.27. The van der Waals surface area contributed by atoms with Crippen molar-refractivity contribution in [1.29, 1.82) is 0 Å². The van der Waals surface area contributed by atoms with E-state index in [0.717, 1.165) is 10.5 Å². The average Bonchev–Trinajstić information content (AvgIpc) is 2.58. The summed E-state index contributed by atoms with van der Waals surface area (Å²) in [7, 11) is 1.41. The van der Waals surface area contributed by atoms with Gasteiger partial charge in [-0.05, 0) is 12.5 Å². The standard InChI is InChI=1S/C18H24N4O4/c1-11(20-13(3)23)17(25)21-12(2)18(26)22(4)15(16(19)24)10-14-8-6-5-7-9-14/h5-9,11,15H,2,10H2,1,3-4H3,(H2,19,24)(H,20,23)(H,21,25)/t11-,15-/m0/s1. The molecule has 0 saturated carbocycles. The molecule has 0 heterocycles. The van der Waals surface area contributed by atoms with Crippen LogP contribution in [0.4, 0.5) is 0 Å². The van der Waals surface area contributed by atoms with Crippen LogP contribution in [0.2, 0.25) is 0 Å². The van der Waals surface area contributed by atoms with Crippen LogP contribution in [0.25, 0.3) is 0 Å². The Bertz CT molecular complexity index is 702. The fraction of sp³-hybridized carbons (Fsp3) is 0.333. The number of carbonyl (C=O) groups excluding carboxylic acids is 4. The van der Waals surface area contributed by atoms with Gasteiger partial charge in [0.1, 0.15) is 12.1 Å². The van der Waals surface area contributed by atoms with Crippen molar-refractivity contribution in [2.75, 3.05) is 7.05 Å². The number of carbonyl (C=O) groups is 4. The van der Waals surface area contributed by atoms with E-state index in [1.165, 1.54) is 20.9 Å². The van der Waals surface area contributed by atoms with Crippen LogP contribution in [0.5, 0.6) is 0 Å². The second-order valence-electron chi connectivity index (χ2n) is 5.91. The average molecular weight is 360 g/mol. The number of nitrogens with zero attached hydrogens (tertiary/aromatic N) is 1. The van der Waals surface area contributed by atoms with Crippen LogP contribution in [0.1, 0.15) is 19.4 Å². The minimum atomic E-state index is -0.897. The third kappa shape index (κ3) is 6.04. The summed E-state index contributed by atoms with van der Waals surface area (Å²) in [6.45, 7) is 6.29. The predicted octanol–water partition coefficient (Wildman–Crippen LogP) is -0.304. The lowest BCUT2D eigenvalue weighted by Crippen LogP contribution is -2.50. The lowest BCUT2D eigenvalue weighted by atomic mass is 10.0. The maximum Gasteiger partial charge on any atom is 0.270 e. The molecule has 140 valence electrons. The highest BCUT2D eigenvalue weighted by Gasteiger charge is 2.28. The van der Waals surface area contributed by atoms with Gasteiger partial charge in [0.15, 0.2) is 0 Å². The summed E-state index contributed by atoms with van der Waals surface area (Å²) < 4.78 is 0. The number of hydrogen-bond acceptors (Lipinski definition) is 4. The maximum absolute atomic E-state index is 12.5. The predicted molar refractivity (Wildman–Crippen MR) is 96.5 cm³/mol. The van der Waals surface area contributed by atoms with Gasteiger partial charge >= 0.3 is 0 Å². The molecule has 1 rings (SSSR count). The summed E-state index contributed by atoms with van der Waals surface area (Å²) in [5.41, 5.74) is 6.05. The molecule has 1 aromatic carbocycles. The zero-order valence-electron chi connectivity index (χ0n) is 15.1. The van der Waals surface area contributed by atoms with E-state index in [0.29, 0.717) is 0 Å². The number of likely N-dealkylation sites (N-methyl/N-ethyl adjacent to an activating group) is 1. The van der Waals surface area contributed by atoms with Crippen LogP contribution in [0.15, 0.2) is 42.6 Å². The first kappa shape index (κ1) is 20.9. The molecular weight excluding hydrogens is 336 g/mol. The van der Waals surface area contributed by atoms with Gasteiger partial charge in [-0.25, -0.2) is 0 Å². The molecule has 8 nitrogen and oxygen atoms in total. The zero-order valence-corrected chi connectivity index (χ0v) is 15.1. The van der Waals surface area contributed by atoms with E-state index in [-0.39, 0.29) is 18.0 Å². The Balaban J connectivity index is 2.78. The Morgan fingerprint density at radius 3 is 2.27 bits per heavy atom. The van der Waals surface area contributed by atoms with Crippen LogP contribution in [-0.4, -0.2) is 47.7 Å². The summed E-state index contributed by atoms with van der Waals surface area (Å²) in [6, 6.07) is 7.38. The molecule has 0 radical (unpaired) electrons. The number of nitrogens with two attached hydrogens (primary N) is 1. The third-order valence-electron chi connectivity index (χ3n) is 3.73. The van der Waals surface area contributed by atoms with Gasteiger partial charge in [-0.15, -0.1) is 0 Å². The monoisotopic (exact) mass is 360 g/mol. The van der Waals surface area contributed by atoms with Crippen LogP contribution >= 0.6 is 0 Å². The van der Waals surface area contributed by atoms with Gasteiger partial charge in [-0.1, -0.05) is 36.9 Å². The van der Waals surface area contributed by atoms with E-state index in [9.17, 15) is 19.2 Å². The summed E-state index contributed by atoms with van der Waals surface area (Å²) >= 11 is 0. The van der Waals surface area contributed by atoms with E-state index < -0.39 is 29.8 Å². The Kier molecular flexibility index (Phi) is 7.52. The first-order chi connectivity index (χ1) is 12.1. The number of hydrogen-bond donors (Lipinski definition) is 3. The second kappa shape index (κ2) is 9.36. The molecule has 8 heteroatoms. The summed E-state index contributed by atoms with van der Waals surface area (Å²) in [4.78, 5) is 48.3. The summed E-state index contributed by atoms with van der Waals surface area (Å²) in [5.74, 6) is -2.28. The van der Waals surface area contributed by atoms with Crippen LogP contribution < -0.4 is 16.4 Å². The van der Waals surface area contributed by atoms with Crippen molar-refractivity contribution in [1.82, 2.24) is 15.5 Å². The molecule has 26 heavy (non-hydrogen) atoms. The van der Waals surface area contributed by atoms with Crippen molar-refractivity contribution in [3.05, 3.63) is 48.2 Å². The van der Waals surface area contributed by atoms with E-state index in [1.54, 1.807) is 0 Å².